The van der Waals surface area contributed by atoms with Gasteiger partial charge in [0.25, 0.3) is 0 Å². The summed E-state index contributed by atoms with van der Waals surface area (Å²) in [5, 5.41) is 16.5. The number of fused-ring (bicyclic) bond motifs is 4. The molecule has 0 saturated heterocycles. The number of rotatable bonds is 13. The normalized spacial score (nSPS) is 11.2. The molecule has 1 aliphatic heterocycles. The van der Waals surface area contributed by atoms with Gasteiger partial charge in [-0.3, -0.25) is 0 Å². The number of ether oxygens (including phenoxy) is 1. The Hall–Kier alpha value is -13.0. The van der Waals surface area contributed by atoms with Gasteiger partial charge in [0.2, 0.25) is 0 Å². The maximum absolute atomic E-state index is 9.22. The smallest absolute Gasteiger partial charge is 0.135 e. The predicted molar refractivity (Wildman–Crippen MR) is 401 cm³/mol. The van der Waals surface area contributed by atoms with Crippen molar-refractivity contribution in [2.24, 2.45) is 0 Å². The quantitative estimate of drug-likeness (QED) is 0.115. The first-order valence-electron chi connectivity index (χ1n) is 32.4. The summed E-state index contributed by atoms with van der Waals surface area (Å²) in [6.07, 6.45) is 0. The van der Waals surface area contributed by atoms with Gasteiger partial charge in [-0.2, -0.15) is 5.26 Å². The summed E-state index contributed by atoms with van der Waals surface area (Å²) in [6.45, 7) is 0. The van der Waals surface area contributed by atoms with Gasteiger partial charge in [0.05, 0.1) is 23.0 Å². The van der Waals surface area contributed by atoms with Crippen LogP contribution in [-0.2, 0) is 0 Å². The van der Waals surface area contributed by atoms with E-state index in [1.165, 1.54) is 60.1 Å². The van der Waals surface area contributed by atoms with Crippen molar-refractivity contribution in [3.63, 3.8) is 0 Å². The van der Waals surface area contributed by atoms with Gasteiger partial charge in [0, 0.05) is 61.5 Å². The molecule has 0 aromatic heterocycles. The third-order valence-electron chi connectivity index (χ3n) is 18.2. The molecule has 0 N–H and O–H groups in total. The molecule has 0 radical (unpaired) electrons. The first-order chi connectivity index (χ1) is 47.5. The summed E-state index contributed by atoms with van der Waals surface area (Å²) in [5.41, 5.74) is 22.1. The van der Waals surface area contributed by atoms with Gasteiger partial charge in [-0.15, -0.1) is 0 Å². The Balaban J connectivity index is 0.000000152. The summed E-state index contributed by atoms with van der Waals surface area (Å²) in [5.74, 6) is 1.78. The number of para-hydroxylation sites is 2. The Morgan fingerprint density at radius 2 is 0.562 bits per heavy atom. The Labute approximate surface area is 559 Å². The average molecular weight is 1230 g/mol. The van der Waals surface area contributed by atoms with Crippen molar-refractivity contribution >= 4 is 83.5 Å². The highest BCUT2D eigenvalue weighted by atomic mass is 16.5. The van der Waals surface area contributed by atoms with E-state index in [0.29, 0.717) is 5.56 Å². The summed E-state index contributed by atoms with van der Waals surface area (Å²) < 4.78 is 6.46. The molecule has 16 aromatic carbocycles. The van der Waals surface area contributed by atoms with Crippen LogP contribution in [0.4, 0.5) is 51.2 Å². The molecule has 16 aromatic rings. The van der Waals surface area contributed by atoms with E-state index in [9.17, 15) is 5.26 Å². The van der Waals surface area contributed by atoms with E-state index < -0.39 is 0 Å². The van der Waals surface area contributed by atoms with Crippen LogP contribution >= 0.6 is 0 Å². The van der Waals surface area contributed by atoms with Crippen LogP contribution in [0, 0.1) is 11.3 Å². The van der Waals surface area contributed by atoms with Gasteiger partial charge in [-0.25, -0.2) is 0 Å². The standard InChI is InChI=1S/C47H30N2O.C44H32N2/c48-31-32-12-14-34(15-13-32)36-18-25-41(26-19-36)49(40-23-16-35(17-24-40)33-6-2-1-3-7-33)42-27-20-37(21-28-42)39-22-29-43-44-10-4-8-38-9-5-11-45(47(38)44)50-46(43)30-39;1-3-17-37(18-4-1)45(43-23-11-15-35-13-7-9-21-41(35)43)39-29-25-33(26-30-39)34-27-31-40(32-28-34)46(38-19-5-2-6-20-38)44-24-12-16-36-14-8-10-22-42(36)44/h1-30H;1-32H. The molecule has 0 unspecified atom stereocenters. The predicted octanol–water partition coefficient (Wildman–Crippen LogP) is 25.6. The molecule has 0 saturated carbocycles. The van der Waals surface area contributed by atoms with Crippen LogP contribution in [0.1, 0.15) is 5.56 Å². The van der Waals surface area contributed by atoms with E-state index in [1.54, 1.807) is 0 Å². The van der Waals surface area contributed by atoms with Crippen LogP contribution in [-0.4, -0.2) is 0 Å². The minimum Gasteiger partial charge on any atom is -0.456 e. The minimum absolute atomic E-state index is 0.657. The van der Waals surface area contributed by atoms with Crippen LogP contribution < -0.4 is 19.4 Å². The van der Waals surface area contributed by atoms with E-state index in [0.717, 1.165) is 90.5 Å². The second kappa shape index (κ2) is 25.9. The minimum atomic E-state index is 0.657. The molecule has 17 rings (SSSR count). The molecule has 5 heteroatoms. The first-order valence-corrected chi connectivity index (χ1v) is 32.4. The molecule has 1 aliphatic rings. The third kappa shape index (κ3) is 11.5. The number of hydrogen-bond acceptors (Lipinski definition) is 5. The fourth-order valence-corrected chi connectivity index (χ4v) is 13.4. The molecule has 452 valence electrons. The summed E-state index contributed by atoms with van der Waals surface area (Å²) in [6, 6.07) is 135. The van der Waals surface area contributed by atoms with E-state index >= 15 is 0 Å². The summed E-state index contributed by atoms with van der Waals surface area (Å²) >= 11 is 0. The molecule has 1 heterocycles. The fraction of sp³-hybridized carbons (Fsp3) is 0. The van der Waals surface area contributed by atoms with E-state index in [2.05, 4.69) is 360 Å². The Bertz CT molecular complexity index is 5280. The van der Waals surface area contributed by atoms with Crippen LogP contribution in [0.25, 0.3) is 88.0 Å². The topological polar surface area (TPSA) is 42.7 Å². The van der Waals surface area contributed by atoms with Crippen LogP contribution in [0.2, 0.25) is 0 Å². The van der Waals surface area contributed by atoms with Crippen molar-refractivity contribution in [3.8, 4) is 73.2 Å². The molecule has 96 heavy (non-hydrogen) atoms. The van der Waals surface area contributed by atoms with Gasteiger partial charge in [-0.05, 0) is 194 Å². The number of nitriles is 1. The van der Waals surface area contributed by atoms with Crippen molar-refractivity contribution in [2.75, 3.05) is 14.7 Å². The van der Waals surface area contributed by atoms with Crippen LogP contribution in [0.15, 0.2) is 376 Å². The Kier molecular flexibility index (Phi) is 15.7. The molecule has 0 fully saturated rings. The molecule has 0 amide bonds. The van der Waals surface area contributed by atoms with Crippen LogP contribution in [0.3, 0.4) is 0 Å². The van der Waals surface area contributed by atoms with Crippen molar-refractivity contribution in [3.05, 3.63) is 382 Å². The monoisotopic (exact) mass is 1230 g/mol. The number of benzene rings is 16. The molecule has 0 spiro atoms. The SMILES string of the molecule is N#Cc1ccc(-c2ccc(N(c3ccc(-c4ccccc4)cc3)c3ccc(-c4ccc5c(c4)Oc4cccc6cccc-5c46)cc3)cc2)cc1.c1ccc(N(c2ccc(-c3ccc(N(c4ccccc4)c4cccc5ccccc45)cc3)cc2)c2cccc3ccccc23)cc1. The third-order valence-corrected chi connectivity index (χ3v) is 18.2. The van der Waals surface area contributed by atoms with Crippen LogP contribution in [0.5, 0.6) is 11.5 Å². The second-order valence-electron chi connectivity index (χ2n) is 23.9. The zero-order valence-corrected chi connectivity index (χ0v) is 52.5. The van der Waals surface area contributed by atoms with Crippen molar-refractivity contribution in [1.82, 2.24) is 0 Å². The maximum atomic E-state index is 9.22. The molecular formula is C91H62N4O. The Morgan fingerprint density at radius 1 is 0.229 bits per heavy atom. The van der Waals surface area contributed by atoms with Gasteiger partial charge in [0.1, 0.15) is 11.5 Å². The van der Waals surface area contributed by atoms with Gasteiger partial charge in [0.15, 0.2) is 0 Å². The van der Waals surface area contributed by atoms with E-state index in [4.69, 9.17) is 4.74 Å². The zero-order chi connectivity index (χ0) is 64.2. The molecule has 0 aliphatic carbocycles. The zero-order valence-electron chi connectivity index (χ0n) is 52.5. The fourth-order valence-electron chi connectivity index (χ4n) is 13.4. The lowest BCUT2D eigenvalue weighted by atomic mass is 9.93. The summed E-state index contributed by atoms with van der Waals surface area (Å²) in [7, 11) is 0. The van der Waals surface area contributed by atoms with Gasteiger partial charge < -0.3 is 19.4 Å². The molecular weight excluding hydrogens is 1170 g/mol. The Morgan fingerprint density at radius 3 is 1.02 bits per heavy atom. The largest absolute Gasteiger partial charge is 0.456 e. The van der Waals surface area contributed by atoms with E-state index in [-0.39, 0.29) is 0 Å². The lowest BCUT2D eigenvalue weighted by Gasteiger charge is -2.27. The van der Waals surface area contributed by atoms with Gasteiger partial charge >= 0.3 is 0 Å². The highest BCUT2D eigenvalue weighted by Crippen LogP contribution is 2.49. The second-order valence-corrected chi connectivity index (χ2v) is 23.9. The first kappa shape index (κ1) is 58.1. The number of hydrogen-bond donors (Lipinski definition) is 0. The van der Waals surface area contributed by atoms with Crippen molar-refractivity contribution in [2.45, 2.75) is 0 Å². The molecule has 5 nitrogen and oxygen atoms in total. The highest BCUT2D eigenvalue weighted by Gasteiger charge is 2.22. The van der Waals surface area contributed by atoms with Crippen molar-refractivity contribution < 1.29 is 4.74 Å². The lowest BCUT2D eigenvalue weighted by molar-refractivity contribution is 0.487. The van der Waals surface area contributed by atoms with Crippen molar-refractivity contribution in [1.29, 1.82) is 5.26 Å². The highest BCUT2D eigenvalue weighted by molar-refractivity contribution is 6.05. The molecule has 0 bridgehead atoms. The number of anilines is 9. The maximum Gasteiger partial charge on any atom is 0.135 e. The number of nitrogens with zero attached hydrogens (tertiary/aromatic N) is 4. The summed E-state index contributed by atoms with van der Waals surface area (Å²) in [4.78, 5) is 6.98. The van der Waals surface area contributed by atoms with Gasteiger partial charge in [-0.1, -0.05) is 249 Å². The average Bonchev–Trinajstić information content (AvgIpc) is 0.781. The molecule has 0 atom stereocenters. The lowest BCUT2D eigenvalue weighted by Crippen LogP contribution is -2.10. The van der Waals surface area contributed by atoms with E-state index in [1.807, 2.05) is 36.4 Å².